The number of rotatable bonds is 3. The fourth-order valence-electron chi connectivity index (χ4n) is 1.71. The lowest BCUT2D eigenvalue weighted by Gasteiger charge is -2.08. The summed E-state index contributed by atoms with van der Waals surface area (Å²) >= 11 is 11.9. The van der Waals surface area contributed by atoms with Crippen molar-refractivity contribution in [1.29, 1.82) is 0 Å². The van der Waals surface area contributed by atoms with Crippen LogP contribution in [0.2, 0.25) is 10.0 Å². The van der Waals surface area contributed by atoms with Crippen molar-refractivity contribution in [3.63, 3.8) is 0 Å². The van der Waals surface area contributed by atoms with Gasteiger partial charge in [0.25, 0.3) is 0 Å². The van der Waals surface area contributed by atoms with Gasteiger partial charge in [-0.25, -0.2) is 5.84 Å². The Morgan fingerprint density at radius 2 is 2.00 bits per heavy atom. The molecule has 0 aliphatic rings. The Bertz CT molecular complexity index is 771. The lowest BCUT2D eigenvalue weighted by atomic mass is 10.3. The van der Waals surface area contributed by atoms with Crippen molar-refractivity contribution in [2.75, 3.05) is 10.7 Å². The van der Waals surface area contributed by atoms with Gasteiger partial charge in [0.2, 0.25) is 5.95 Å². The summed E-state index contributed by atoms with van der Waals surface area (Å²) in [6.45, 7) is 0. The van der Waals surface area contributed by atoms with Crippen LogP contribution in [0.3, 0.4) is 0 Å². The topological polar surface area (TPSA) is 105 Å². The van der Waals surface area contributed by atoms with Crippen LogP contribution in [0.15, 0.2) is 24.4 Å². The lowest BCUT2D eigenvalue weighted by Crippen LogP contribution is -2.11. The van der Waals surface area contributed by atoms with E-state index in [0.29, 0.717) is 21.5 Å². The van der Waals surface area contributed by atoms with Crippen molar-refractivity contribution in [1.82, 2.24) is 20.2 Å². The first-order valence-corrected chi connectivity index (χ1v) is 6.33. The summed E-state index contributed by atoms with van der Waals surface area (Å²) in [6, 6.07) is 5.19. The normalized spacial score (nSPS) is 10.8. The van der Waals surface area contributed by atoms with E-state index in [1.54, 1.807) is 24.4 Å². The molecule has 0 unspecified atom stereocenters. The molecule has 7 nitrogen and oxygen atoms in total. The molecule has 0 amide bonds. The van der Waals surface area contributed by atoms with E-state index in [4.69, 9.17) is 29.0 Å². The van der Waals surface area contributed by atoms with Crippen molar-refractivity contribution in [2.45, 2.75) is 0 Å². The van der Waals surface area contributed by atoms with Gasteiger partial charge >= 0.3 is 0 Å². The predicted molar refractivity (Wildman–Crippen MR) is 79.2 cm³/mol. The van der Waals surface area contributed by atoms with Crippen molar-refractivity contribution in [3.8, 4) is 0 Å². The second kappa shape index (κ2) is 5.12. The minimum Gasteiger partial charge on any atom is -0.339 e. The second-order valence-electron chi connectivity index (χ2n) is 3.93. The molecule has 5 N–H and O–H groups in total. The van der Waals surface area contributed by atoms with Gasteiger partial charge in [-0.05, 0) is 18.2 Å². The molecular formula is C11H9Cl2N7. The van der Waals surface area contributed by atoms with E-state index in [1.165, 1.54) is 0 Å². The van der Waals surface area contributed by atoms with Crippen LogP contribution in [0, 0.1) is 0 Å². The molecule has 0 saturated carbocycles. The van der Waals surface area contributed by atoms with Gasteiger partial charge in [0.15, 0.2) is 5.65 Å². The zero-order valence-corrected chi connectivity index (χ0v) is 11.5. The number of aromatic amines is 1. The van der Waals surface area contributed by atoms with Crippen LogP contribution in [0.25, 0.3) is 11.0 Å². The zero-order chi connectivity index (χ0) is 14.1. The van der Waals surface area contributed by atoms with E-state index < -0.39 is 0 Å². The summed E-state index contributed by atoms with van der Waals surface area (Å²) in [5.41, 5.74) is 3.70. The fraction of sp³-hybridized carbons (Fsp3) is 0. The number of nitrogen functional groups attached to an aromatic ring is 1. The molecular weight excluding hydrogens is 301 g/mol. The van der Waals surface area contributed by atoms with E-state index in [9.17, 15) is 0 Å². The van der Waals surface area contributed by atoms with Gasteiger partial charge in [-0.2, -0.15) is 15.1 Å². The van der Waals surface area contributed by atoms with Gasteiger partial charge in [-0.3, -0.25) is 10.5 Å². The van der Waals surface area contributed by atoms with E-state index in [2.05, 4.69) is 30.9 Å². The lowest BCUT2D eigenvalue weighted by molar-refractivity contribution is 1.08. The van der Waals surface area contributed by atoms with Crippen LogP contribution < -0.4 is 16.6 Å². The van der Waals surface area contributed by atoms with Gasteiger partial charge in [0, 0.05) is 5.69 Å². The largest absolute Gasteiger partial charge is 0.339 e. The highest BCUT2D eigenvalue weighted by Gasteiger charge is 2.10. The van der Waals surface area contributed by atoms with Gasteiger partial charge in [0.05, 0.1) is 21.6 Å². The van der Waals surface area contributed by atoms with Crippen molar-refractivity contribution in [2.24, 2.45) is 5.84 Å². The summed E-state index contributed by atoms with van der Waals surface area (Å²) in [7, 11) is 0. The molecule has 1 aromatic carbocycles. The molecule has 2 heterocycles. The average molecular weight is 310 g/mol. The zero-order valence-electron chi connectivity index (χ0n) is 9.98. The molecule has 0 aliphatic carbocycles. The number of aromatic nitrogens is 4. The van der Waals surface area contributed by atoms with Crippen LogP contribution in [0.1, 0.15) is 0 Å². The highest BCUT2D eigenvalue weighted by molar-refractivity contribution is 6.42. The number of hydrogen-bond donors (Lipinski definition) is 4. The number of hydrazine groups is 1. The third-order valence-corrected chi connectivity index (χ3v) is 3.36. The molecule has 3 aromatic rings. The Balaban J connectivity index is 2.04. The first-order chi connectivity index (χ1) is 9.67. The molecule has 0 saturated heterocycles. The Labute approximate surface area is 123 Å². The monoisotopic (exact) mass is 309 g/mol. The second-order valence-corrected chi connectivity index (χ2v) is 4.74. The quantitative estimate of drug-likeness (QED) is 0.438. The number of nitrogens with zero attached hydrogens (tertiary/aromatic N) is 3. The molecule has 2 aromatic heterocycles. The van der Waals surface area contributed by atoms with Crippen molar-refractivity contribution >= 4 is 51.7 Å². The van der Waals surface area contributed by atoms with Crippen LogP contribution in [0.4, 0.5) is 17.5 Å². The number of nitrogens with two attached hydrogens (primary N) is 1. The number of nitrogens with one attached hydrogen (secondary N) is 3. The summed E-state index contributed by atoms with van der Waals surface area (Å²) in [6.07, 6.45) is 1.62. The third kappa shape index (κ3) is 2.34. The van der Waals surface area contributed by atoms with Crippen LogP contribution in [-0.2, 0) is 0 Å². The average Bonchev–Trinajstić information content (AvgIpc) is 2.91. The highest BCUT2D eigenvalue weighted by atomic mass is 35.5. The Kier molecular flexibility index (Phi) is 3.31. The van der Waals surface area contributed by atoms with Gasteiger partial charge in [0.1, 0.15) is 5.82 Å². The number of fused-ring (bicyclic) bond motifs is 1. The molecule has 0 radical (unpaired) electrons. The first-order valence-electron chi connectivity index (χ1n) is 5.57. The standard InChI is InChI=1S/C11H9Cl2N7/c12-7-2-1-5(3-8(7)13)16-9-6-4-15-20-10(6)18-11(17-9)19-14/h1-4H,14H2,(H3,15,16,17,18,19,20). The molecule has 0 spiro atoms. The molecule has 0 aliphatic heterocycles. The van der Waals surface area contributed by atoms with Gasteiger partial charge in [-0.1, -0.05) is 23.2 Å². The molecule has 0 fully saturated rings. The first kappa shape index (κ1) is 12.9. The molecule has 9 heteroatoms. The number of H-pyrrole nitrogens is 1. The number of anilines is 3. The summed E-state index contributed by atoms with van der Waals surface area (Å²) in [5.74, 6) is 6.16. The molecule has 0 bridgehead atoms. The van der Waals surface area contributed by atoms with Crippen molar-refractivity contribution < 1.29 is 0 Å². The third-order valence-electron chi connectivity index (χ3n) is 2.62. The SMILES string of the molecule is NNc1nc(Nc2ccc(Cl)c(Cl)c2)c2cn[nH]c2n1. The van der Waals surface area contributed by atoms with Gasteiger partial charge in [-0.15, -0.1) is 0 Å². The molecule has 20 heavy (non-hydrogen) atoms. The van der Waals surface area contributed by atoms with Gasteiger partial charge < -0.3 is 5.32 Å². The highest BCUT2D eigenvalue weighted by Crippen LogP contribution is 2.28. The fourth-order valence-corrected chi connectivity index (χ4v) is 2.00. The summed E-state index contributed by atoms with van der Waals surface area (Å²) in [5, 5.41) is 11.5. The Hall–Kier alpha value is -2.09. The van der Waals surface area contributed by atoms with Crippen LogP contribution in [-0.4, -0.2) is 20.2 Å². The van der Waals surface area contributed by atoms with E-state index in [-0.39, 0.29) is 5.95 Å². The van der Waals surface area contributed by atoms with E-state index >= 15 is 0 Å². The Morgan fingerprint density at radius 3 is 2.75 bits per heavy atom. The van der Waals surface area contributed by atoms with E-state index in [0.717, 1.165) is 11.1 Å². The summed E-state index contributed by atoms with van der Waals surface area (Å²) < 4.78 is 0. The Morgan fingerprint density at radius 1 is 1.15 bits per heavy atom. The number of hydrogen-bond acceptors (Lipinski definition) is 6. The molecule has 102 valence electrons. The minimum atomic E-state index is 0.268. The van der Waals surface area contributed by atoms with E-state index in [1.807, 2.05) is 0 Å². The van der Waals surface area contributed by atoms with Crippen LogP contribution in [0.5, 0.6) is 0 Å². The summed E-state index contributed by atoms with van der Waals surface area (Å²) in [4.78, 5) is 8.38. The number of halogens is 2. The number of benzene rings is 1. The predicted octanol–water partition coefficient (Wildman–Crippen LogP) is 2.69. The minimum absolute atomic E-state index is 0.268. The maximum Gasteiger partial charge on any atom is 0.241 e. The maximum atomic E-state index is 5.98. The molecule has 0 atom stereocenters. The maximum absolute atomic E-state index is 5.98. The van der Waals surface area contributed by atoms with Crippen molar-refractivity contribution in [3.05, 3.63) is 34.4 Å². The molecule has 3 rings (SSSR count). The van der Waals surface area contributed by atoms with Crippen LogP contribution >= 0.6 is 23.2 Å². The smallest absolute Gasteiger partial charge is 0.241 e.